The summed E-state index contributed by atoms with van der Waals surface area (Å²) in [5, 5.41) is 4.41. The second-order valence-electron chi connectivity index (χ2n) is 5.24. The van der Waals surface area contributed by atoms with Crippen LogP contribution in [0.1, 0.15) is 33.1 Å². The van der Waals surface area contributed by atoms with Crippen molar-refractivity contribution in [1.82, 2.24) is 0 Å². The number of nitrogens with one attached hydrogen (secondary N) is 1. The van der Waals surface area contributed by atoms with Gasteiger partial charge in [0.05, 0.1) is 10.7 Å². The third-order valence-electron chi connectivity index (χ3n) is 3.41. The van der Waals surface area contributed by atoms with Gasteiger partial charge in [0.25, 0.3) is 0 Å². The van der Waals surface area contributed by atoms with Crippen LogP contribution in [0.4, 0.5) is 5.69 Å². The molecule has 0 bridgehead atoms. The van der Waals surface area contributed by atoms with E-state index in [9.17, 15) is 0 Å². The minimum absolute atomic E-state index is 0.582. The molecule has 0 saturated heterocycles. The molecule has 1 aliphatic rings. The SMILES string of the molecule is CC1CC(C)CC(Nc2ccccc2Cl)C1. The first-order chi connectivity index (χ1) is 7.65. The molecule has 2 rings (SSSR count). The van der Waals surface area contributed by atoms with Gasteiger partial charge in [-0.2, -0.15) is 0 Å². The van der Waals surface area contributed by atoms with E-state index in [1.165, 1.54) is 19.3 Å². The van der Waals surface area contributed by atoms with Crippen molar-refractivity contribution >= 4 is 17.3 Å². The fraction of sp³-hybridized carbons (Fsp3) is 0.571. The van der Waals surface area contributed by atoms with Gasteiger partial charge in [0, 0.05) is 6.04 Å². The first kappa shape index (κ1) is 11.8. The molecule has 2 atom stereocenters. The van der Waals surface area contributed by atoms with E-state index in [0.29, 0.717) is 6.04 Å². The molecule has 1 saturated carbocycles. The van der Waals surface area contributed by atoms with Crippen LogP contribution >= 0.6 is 11.6 Å². The van der Waals surface area contributed by atoms with E-state index in [0.717, 1.165) is 22.5 Å². The number of benzene rings is 1. The van der Waals surface area contributed by atoms with Crippen molar-refractivity contribution in [3.63, 3.8) is 0 Å². The molecule has 0 aromatic heterocycles. The van der Waals surface area contributed by atoms with Crippen LogP contribution in [-0.4, -0.2) is 6.04 Å². The van der Waals surface area contributed by atoms with Crippen LogP contribution in [0.2, 0.25) is 5.02 Å². The molecule has 0 amide bonds. The van der Waals surface area contributed by atoms with Gasteiger partial charge in [-0.3, -0.25) is 0 Å². The van der Waals surface area contributed by atoms with Gasteiger partial charge in [-0.1, -0.05) is 37.6 Å². The third-order valence-corrected chi connectivity index (χ3v) is 3.74. The van der Waals surface area contributed by atoms with E-state index < -0.39 is 0 Å². The van der Waals surface area contributed by atoms with Crippen LogP contribution in [-0.2, 0) is 0 Å². The zero-order valence-electron chi connectivity index (χ0n) is 10.0. The number of hydrogen-bond donors (Lipinski definition) is 1. The summed E-state index contributed by atoms with van der Waals surface area (Å²) in [6.45, 7) is 4.69. The lowest BCUT2D eigenvalue weighted by atomic mass is 9.80. The average molecular weight is 238 g/mol. The van der Waals surface area contributed by atoms with Crippen molar-refractivity contribution in [2.45, 2.75) is 39.2 Å². The molecular weight excluding hydrogens is 218 g/mol. The molecule has 0 heterocycles. The maximum Gasteiger partial charge on any atom is 0.0637 e. The topological polar surface area (TPSA) is 12.0 Å². The minimum Gasteiger partial charge on any atom is -0.381 e. The van der Waals surface area contributed by atoms with Crippen LogP contribution in [0.3, 0.4) is 0 Å². The lowest BCUT2D eigenvalue weighted by Gasteiger charge is -2.32. The second kappa shape index (κ2) is 5.09. The molecule has 0 aliphatic heterocycles. The quantitative estimate of drug-likeness (QED) is 0.794. The summed E-state index contributed by atoms with van der Waals surface area (Å²) < 4.78 is 0. The Hall–Kier alpha value is -0.690. The van der Waals surface area contributed by atoms with Crippen molar-refractivity contribution in [3.05, 3.63) is 29.3 Å². The second-order valence-corrected chi connectivity index (χ2v) is 5.65. The summed E-state index contributed by atoms with van der Waals surface area (Å²) in [5.41, 5.74) is 1.08. The van der Waals surface area contributed by atoms with Crippen molar-refractivity contribution in [2.75, 3.05) is 5.32 Å². The van der Waals surface area contributed by atoms with Gasteiger partial charge in [0.1, 0.15) is 0 Å². The largest absolute Gasteiger partial charge is 0.381 e. The van der Waals surface area contributed by atoms with Crippen molar-refractivity contribution < 1.29 is 0 Å². The highest BCUT2D eigenvalue weighted by Crippen LogP contribution is 2.31. The highest BCUT2D eigenvalue weighted by atomic mass is 35.5. The highest BCUT2D eigenvalue weighted by molar-refractivity contribution is 6.33. The Morgan fingerprint density at radius 1 is 1.06 bits per heavy atom. The molecule has 0 spiro atoms. The number of anilines is 1. The predicted molar refractivity (Wildman–Crippen MR) is 71.0 cm³/mol. The fourth-order valence-electron chi connectivity index (χ4n) is 2.86. The Morgan fingerprint density at radius 2 is 1.69 bits per heavy atom. The summed E-state index contributed by atoms with van der Waals surface area (Å²) in [6, 6.07) is 8.59. The zero-order valence-corrected chi connectivity index (χ0v) is 10.8. The van der Waals surface area contributed by atoms with Crippen LogP contribution in [0, 0.1) is 11.8 Å². The van der Waals surface area contributed by atoms with E-state index in [4.69, 9.17) is 11.6 Å². The van der Waals surface area contributed by atoms with Gasteiger partial charge in [0.15, 0.2) is 0 Å². The van der Waals surface area contributed by atoms with Gasteiger partial charge in [0.2, 0.25) is 0 Å². The lowest BCUT2D eigenvalue weighted by molar-refractivity contribution is 0.281. The number of halogens is 1. The molecule has 2 unspecified atom stereocenters. The Kier molecular flexibility index (Phi) is 3.75. The number of rotatable bonds is 2. The van der Waals surface area contributed by atoms with Crippen LogP contribution < -0.4 is 5.32 Å². The number of para-hydroxylation sites is 1. The summed E-state index contributed by atoms with van der Waals surface area (Å²) >= 11 is 6.15. The first-order valence-electron chi connectivity index (χ1n) is 6.16. The third kappa shape index (κ3) is 2.91. The maximum absolute atomic E-state index is 6.15. The summed E-state index contributed by atoms with van der Waals surface area (Å²) in [7, 11) is 0. The van der Waals surface area contributed by atoms with Gasteiger partial charge in [-0.05, 0) is 43.2 Å². The first-order valence-corrected chi connectivity index (χ1v) is 6.54. The van der Waals surface area contributed by atoms with Crippen molar-refractivity contribution in [1.29, 1.82) is 0 Å². The van der Waals surface area contributed by atoms with Gasteiger partial charge in [-0.15, -0.1) is 0 Å². The van der Waals surface area contributed by atoms with E-state index in [2.05, 4.69) is 25.2 Å². The molecule has 0 radical (unpaired) electrons. The van der Waals surface area contributed by atoms with Gasteiger partial charge < -0.3 is 5.32 Å². The summed E-state index contributed by atoms with van der Waals surface area (Å²) in [6.07, 6.45) is 3.88. The van der Waals surface area contributed by atoms with Crippen molar-refractivity contribution in [2.24, 2.45) is 11.8 Å². The van der Waals surface area contributed by atoms with Crippen LogP contribution in [0.25, 0.3) is 0 Å². The van der Waals surface area contributed by atoms with E-state index in [-0.39, 0.29) is 0 Å². The van der Waals surface area contributed by atoms with Crippen molar-refractivity contribution in [3.8, 4) is 0 Å². The monoisotopic (exact) mass is 237 g/mol. The molecule has 1 aromatic carbocycles. The highest BCUT2D eigenvalue weighted by Gasteiger charge is 2.23. The lowest BCUT2D eigenvalue weighted by Crippen LogP contribution is -2.30. The molecule has 16 heavy (non-hydrogen) atoms. The average Bonchev–Trinajstić information content (AvgIpc) is 2.20. The molecule has 2 heteroatoms. The number of hydrogen-bond acceptors (Lipinski definition) is 1. The maximum atomic E-state index is 6.15. The Labute approximate surface area is 103 Å². The van der Waals surface area contributed by atoms with Crippen LogP contribution in [0.5, 0.6) is 0 Å². The zero-order chi connectivity index (χ0) is 11.5. The van der Waals surface area contributed by atoms with E-state index in [1.54, 1.807) is 0 Å². The molecule has 88 valence electrons. The molecule has 1 fully saturated rings. The predicted octanol–water partition coefficient (Wildman–Crippen LogP) is 4.58. The molecule has 1 aromatic rings. The van der Waals surface area contributed by atoms with E-state index in [1.807, 2.05) is 18.2 Å². The van der Waals surface area contributed by atoms with Gasteiger partial charge in [-0.25, -0.2) is 0 Å². The Morgan fingerprint density at radius 3 is 2.31 bits per heavy atom. The molecule has 1 N–H and O–H groups in total. The normalized spacial score (nSPS) is 30.1. The summed E-state index contributed by atoms with van der Waals surface area (Å²) in [4.78, 5) is 0. The standard InChI is InChI=1S/C14H20ClN/c1-10-7-11(2)9-12(8-10)16-14-6-4-3-5-13(14)15/h3-6,10-12,16H,7-9H2,1-2H3. The Bertz CT molecular complexity index is 340. The smallest absolute Gasteiger partial charge is 0.0637 e. The minimum atomic E-state index is 0.582. The van der Waals surface area contributed by atoms with Gasteiger partial charge >= 0.3 is 0 Å². The Balaban J connectivity index is 2.02. The molecular formula is C14H20ClN. The van der Waals surface area contributed by atoms with E-state index >= 15 is 0 Å². The fourth-order valence-corrected chi connectivity index (χ4v) is 3.05. The molecule has 1 nitrogen and oxygen atoms in total. The van der Waals surface area contributed by atoms with Crippen LogP contribution in [0.15, 0.2) is 24.3 Å². The molecule has 1 aliphatic carbocycles. The summed E-state index contributed by atoms with van der Waals surface area (Å²) in [5.74, 6) is 1.65.